The third-order valence-corrected chi connectivity index (χ3v) is 2.74. The minimum atomic E-state index is -4.28. The topological polar surface area (TPSA) is 40.5 Å². The van der Waals surface area contributed by atoms with Crippen LogP contribution in [-0.2, 0) is 4.79 Å². The van der Waals surface area contributed by atoms with Gasteiger partial charge in [0.05, 0.1) is 13.2 Å². The molecule has 0 aromatic rings. The van der Waals surface area contributed by atoms with Gasteiger partial charge >= 0.3 is 6.18 Å². The zero-order valence-corrected chi connectivity index (χ0v) is 8.96. The molecule has 0 amide bonds. The second kappa shape index (κ2) is 5.63. The van der Waals surface area contributed by atoms with Crippen LogP contribution in [0.5, 0.6) is 0 Å². The van der Waals surface area contributed by atoms with Gasteiger partial charge in [0.15, 0.2) is 0 Å². The highest BCUT2D eigenvalue weighted by Gasteiger charge is 2.35. The fraction of sp³-hybridized carbons (Fsp3) is 0.900. The average Bonchev–Trinajstić information content (AvgIpc) is 2.15. The molecule has 0 heterocycles. The van der Waals surface area contributed by atoms with Crippen molar-refractivity contribution in [3.8, 4) is 0 Å². The fourth-order valence-electron chi connectivity index (χ4n) is 2.06. The Morgan fingerprint density at radius 3 is 2.62 bits per heavy atom. The maximum Gasteiger partial charge on any atom is 0.401 e. The molecule has 1 unspecified atom stereocenters. The minimum Gasteiger partial charge on any atom is -0.395 e. The Balaban J connectivity index is 2.57. The summed E-state index contributed by atoms with van der Waals surface area (Å²) in [5.74, 6) is 0.0152. The number of hydrogen-bond donors (Lipinski definition) is 1. The average molecular weight is 239 g/mol. The Morgan fingerprint density at radius 2 is 2.12 bits per heavy atom. The summed E-state index contributed by atoms with van der Waals surface area (Å²) in [4.78, 5) is 12.3. The van der Waals surface area contributed by atoms with Crippen LogP contribution >= 0.6 is 0 Å². The summed E-state index contributed by atoms with van der Waals surface area (Å²) in [5, 5.41) is 8.74. The van der Waals surface area contributed by atoms with E-state index in [1.807, 2.05) is 0 Å². The third-order valence-electron chi connectivity index (χ3n) is 2.74. The van der Waals surface area contributed by atoms with E-state index in [-0.39, 0.29) is 31.4 Å². The molecule has 1 aliphatic rings. The second-order valence-electron chi connectivity index (χ2n) is 4.10. The predicted octanol–water partition coefficient (Wildman–Crippen LogP) is 1.35. The molecule has 1 rings (SSSR count). The number of hydrogen-bond acceptors (Lipinski definition) is 3. The summed E-state index contributed by atoms with van der Waals surface area (Å²) in [5.41, 5.74) is 0. The second-order valence-corrected chi connectivity index (χ2v) is 4.10. The number of rotatable bonds is 4. The molecule has 1 N–H and O–H groups in total. The summed E-state index contributed by atoms with van der Waals surface area (Å²) in [6.07, 6.45) is -2.40. The fourth-order valence-corrected chi connectivity index (χ4v) is 2.06. The zero-order valence-electron chi connectivity index (χ0n) is 8.96. The van der Waals surface area contributed by atoms with Crippen LogP contribution in [0.15, 0.2) is 0 Å². The van der Waals surface area contributed by atoms with Crippen molar-refractivity contribution < 1.29 is 23.1 Å². The van der Waals surface area contributed by atoms with Gasteiger partial charge in [0.1, 0.15) is 5.78 Å². The summed E-state index contributed by atoms with van der Waals surface area (Å²) in [7, 11) is 0. The number of halogens is 3. The maximum absolute atomic E-state index is 12.3. The van der Waals surface area contributed by atoms with E-state index < -0.39 is 12.7 Å². The highest BCUT2D eigenvalue weighted by molar-refractivity contribution is 5.79. The smallest absolute Gasteiger partial charge is 0.395 e. The molecule has 6 heteroatoms. The summed E-state index contributed by atoms with van der Waals surface area (Å²) >= 11 is 0. The van der Waals surface area contributed by atoms with Crippen LogP contribution in [-0.4, -0.2) is 47.7 Å². The SMILES string of the molecule is O=C1CCCC(N(CCO)CC(F)(F)F)C1. The van der Waals surface area contributed by atoms with Crippen LogP contribution in [0.3, 0.4) is 0 Å². The number of ketones is 1. The molecule has 0 aromatic heterocycles. The molecule has 0 radical (unpaired) electrons. The number of aliphatic hydroxyl groups excluding tert-OH is 1. The maximum atomic E-state index is 12.3. The lowest BCUT2D eigenvalue weighted by Gasteiger charge is -2.33. The molecule has 0 saturated heterocycles. The third kappa shape index (κ3) is 4.49. The Kier molecular flexibility index (Phi) is 4.73. The zero-order chi connectivity index (χ0) is 12.2. The molecular weight excluding hydrogens is 223 g/mol. The lowest BCUT2D eigenvalue weighted by Crippen LogP contribution is -2.45. The van der Waals surface area contributed by atoms with Crippen LogP contribution in [0.4, 0.5) is 13.2 Å². The normalized spacial score (nSPS) is 22.8. The monoisotopic (exact) mass is 239 g/mol. The van der Waals surface area contributed by atoms with Crippen LogP contribution in [0.1, 0.15) is 25.7 Å². The molecule has 1 saturated carbocycles. The molecule has 1 atom stereocenters. The van der Waals surface area contributed by atoms with Crippen molar-refractivity contribution in [1.29, 1.82) is 0 Å². The number of nitrogens with zero attached hydrogens (tertiary/aromatic N) is 1. The van der Waals surface area contributed by atoms with E-state index in [0.29, 0.717) is 19.3 Å². The van der Waals surface area contributed by atoms with Gasteiger partial charge in [-0.3, -0.25) is 9.69 Å². The molecule has 0 aliphatic heterocycles. The van der Waals surface area contributed by atoms with Gasteiger partial charge in [0, 0.05) is 25.4 Å². The summed E-state index contributed by atoms with van der Waals surface area (Å²) in [6, 6.07) is -0.366. The van der Waals surface area contributed by atoms with E-state index in [2.05, 4.69) is 0 Å². The number of alkyl halides is 3. The van der Waals surface area contributed by atoms with Crippen LogP contribution in [0.25, 0.3) is 0 Å². The van der Waals surface area contributed by atoms with Crippen molar-refractivity contribution >= 4 is 5.78 Å². The Labute approximate surface area is 92.2 Å². The van der Waals surface area contributed by atoms with Crippen molar-refractivity contribution in [1.82, 2.24) is 4.90 Å². The van der Waals surface area contributed by atoms with Gasteiger partial charge in [-0.25, -0.2) is 0 Å². The van der Waals surface area contributed by atoms with Gasteiger partial charge in [-0.1, -0.05) is 0 Å². The van der Waals surface area contributed by atoms with Gasteiger partial charge in [0.2, 0.25) is 0 Å². The predicted molar refractivity (Wildman–Crippen MR) is 52.0 cm³/mol. The van der Waals surface area contributed by atoms with E-state index in [1.54, 1.807) is 0 Å². The molecule has 1 fully saturated rings. The minimum absolute atomic E-state index is 0.0152. The number of carbonyl (C=O) groups is 1. The Bertz CT molecular complexity index is 243. The van der Waals surface area contributed by atoms with Crippen LogP contribution in [0.2, 0.25) is 0 Å². The molecule has 94 valence electrons. The van der Waals surface area contributed by atoms with Gasteiger partial charge in [0.25, 0.3) is 0 Å². The molecular formula is C10H16F3NO2. The Morgan fingerprint density at radius 1 is 1.44 bits per heavy atom. The first kappa shape index (κ1) is 13.4. The summed E-state index contributed by atoms with van der Waals surface area (Å²) in [6.45, 7) is -1.40. The van der Waals surface area contributed by atoms with Crippen molar-refractivity contribution in [2.24, 2.45) is 0 Å². The van der Waals surface area contributed by atoms with Crippen molar-refractivity contribution in [3.63, 3.8) is 0 Å². The quantitative estimate of drug-likeness (QED) is 0.805. The molecule has 3 nitrogen and oxygen atoms in total. The number of carbonyl (C=O) groups excluding carboxylic acids is 1. The number of aliphatic hydroxyl groups is 1. The number of Topliss-reactive ketones (excluding diaryl/α,β-unsaturated/α-hetero) is 1. The lowest BCUT2D eigenvalue weighted by molar-refractivity contribution is -0.155. The largest absolute Gasteiger partial charge is 0.401 e. The van der Waals surface area contributed by atoms with Crippen molar-refractivity contribution in [2.75, 3.05) is 19.7 Å². The first-order valence-corrected chi connectivity index (χ1v) is 5.36. The van der Waals surface area contributed by atoms with Crippen molar-refractivity contribution in [3.05, 3.63) is 0 Å². The van der Waals surface area contributed by atoms with Crippen molar-refractivity contribution in [2.45, 2.75) is 37.9 Å². The van der Waals surface area contributed by atoms with E-state index in [4.69, 9.17) is 5.11 Å². The standard InChI is InChI=1S/C10H16F3NO2/c11-10(12,13)7-14(4-5-15)8-2-1-3-9(16)6-8/h8,15H,1-7H2. The first-order valence-electron chi connectivity index (χ1n) is 5.36. The molecule has 1 aliphatic carbocycles. The highest BCUT2D eigenvalue weighted by Crippen LogP contribution is 2.24. The molecule has 0 aromatic carbocycles. The lowest BCUT2D eigenvalue weighted by atomic mass is 9.93. The molecule has 0 spiro atoms. The highest BCUT2D eigenvalue weighted by atomic mass is 19.4. The van der Waals surface area contributed by atoms with E-state index in [0.717, 1.165) is 4.90 Å². The van der Waals surface area contributed by atoms with Gasteiger partial charge in [-0.15, -0.1) is 0 Å². The van der Waals surface area contributed by atoms with E-state index in [9.17, 15) is 18.0 Å². The molecule has 16 heavy (non-hydrogen) atoms. The first-order chi connectivity index (χ1) is 7.42. The van der Waals surface area contributed by atoms with Gasteiger partial charge in [-0.2, -0.15) is 13.2 Å². The van der Waals surface area contributed by atoms with Crippen LogP contribution < -0.4 is 0 Å². The van der Waals surface area contributed by atoms with E-state index >= 15 is 0 Å². The summed E-state index contributed by atoms with van der Waals surface area (Å²) < 4.78 is 36.8. The van der Waals surface area contributed by atoms with E-state index in [1.165, 1.54) is 0 Å². The Hall–Kier alpha value is -0.620. The molecule has 0 bridgehead atoms. The van der Waals surface area contributed by atoms with Gasteiger partial charge < -0.3 is 5.11 Å². The van der Waals surface area contributed by atoms with Crippen LogP contribution in [0, 0.1) is 0 Å². The van der Waals surface area contributed by atoms with Gasteiger partial charge in [-0.05, 0) is 12.8 Å².